The van der Waals surface area contributed by atoms with Gasteiger partial charge in [0.1, 0.15) is 0 Å². The standard InChI is InChI=1S/C14H19F3N2O2/c1-3-5-11(18-4-2)8-10-6-7-12(19(20)21)9-13(10)14(15,16)17/h6-7,9,11,18H,3-5,8H2,1-2H3. The van der Waals surface area contributed by atoms with Crippen LogP contribution in [0.4, 0.5) is 18.9 Å². The van der Waals surface area contributed by atoms with Crippen molar-refractivity contribution in [1.29, 1.82) is 0 Å². The Morgan fingerprint density at radius 3 is 2.48 bits per heavy atom. The van der Waals surface area contributed by atoms with E-state index in [1.165, 1.54) is 6.07 Å². The number of halogens is 3. The van der Waals surface area contributed by atoms with Crippen LogP contribution in [-0.2, 0) is 12.6 Å². The summed E-state index contributed by atoms with van der Waals surface area (Å²) in [5.41, 5.74) is -1.37. The first-order valence-corrected chi connectivity index (χ1v) is 6.87. The Bertz CT molecular complexity index is 484. The third kappa shape index (κ3) is 5.00. The van der Waals surface area contributed by atoms with Crippen LogP contribution in [0.2, 0.25) is 0 Å². The molecule has 1 atom stereocenters. The van der Waals surface area contributed by atoms with E-state index in [1.54, 1.807) is 0 Å². The van der Waals surface area contributed by atoms with Crippen LogP contribution >= 0.6 is 0 Å². The molecule has 0 aliphatic carbocycles. The second kappa shape index (κ2) is 7.40. The average molecular weight is 304 g/mol. The van der Waals surface area contributed by atoms with Crippen molar-refractivity contribution in [2.75, 3.05) is 6.54 Å². The number of non-ortho nitro benzene ring substituents is 1. The van der Waals surface area contributed by atoms with E-state index >= 15 is 0 Å². The van der Waals surface area contributed by atoms with Crippen LogP contribution in [0.15, 0.2) is 18.2 Å². The minimum Gasteiger partial charge on any atom is -0.314 e. The topological polar surface area (TPSA) is 55.2 Å². The number of alkyl halides is 3. The Morgan fingerprint density at radius 1 is 1.33 bits per heavy atom. The van der Waals surface area contributed by atoms with E-state index < -0.39 is 22.4 Å². The number of nitro groups is 1. The highest BCUT2D eigenvalue weighted by Crippen LogP contribution is 2.35. The van der Waals surface area contributed by atoms with Gasteiger partial charge in [-0.25, -0.2) is 0 Å². The van der Waals surface area contributed by atoms with Crippen LogP contribution < -0.4 is 5.32 Å². The molecule has 0 aliphatic heterocycles. The maximum Gasteiger partial charge on any atom is 0.416 e. The predicted molar refractivity (Wildman–Crippen MR) is 74.2 cm³/mol. The first-order chi connectivity index (χ1) is 9.79. The molecule has 0 saturated heterocycles. The van der Waals surface area contributed by atoms with E-state index in [9.17, 15) is 23.3 Å². The smallest absolute Gasteiger partial charge is 0.314 e. The molecule has 0 spiro atoms. The van der Waals surface area contributed by atoms with Crippen LogP contribution in [0, 0.1) is 10.1 Å². The molecular weight excluding hydrogens is 285 g/mol. The molecule has 1 unspecified atom stereocenters. The Labute approximate surface area is 121 Å². The lowest BCUT2D eigenvalue weighted by molar-refractivity contribution is -0.385. The Morgan fingerprint density at radius 2 is 2.00 bits per heavy atom. The number of hydrogen-bond acceptors (Lipinski definition) is 3. The van der Waals surface area contributed by atoms with Crippen molar-refractivity contribution in [2.45, 2.75) is 45.3 Å². The first kappa shape index (κ1) is 17.4. The monoisotopic (exact) mass is 304 g/mol. The third-order valence-electron chi connectivity index (χ3n) is 3.21. The molecule has 0 radical (unpaired) electrons. The molecule has 0 aliphatic rings. The number of benzene rings is 1. The summed E-state index contributed by atoms with van der Waals surface area (Å²) in [5.74, 6) is 0. The summed E-state index contributed by atoms with van der Waals surface area (Å²) >= 11 is 0. The average Bonchev–Trinajstić information content (AvgIpc) is 2.38. The van der Waals surface area contributed by atoms with Gasteiger partial charge in [-0.3, -0.25) is 10.1 Å². The fourth-order valence-electron chi connectivity index (χ4n) is 2.30. The molecule has 118 valence electrons. The van der Waals surface area contributed by atoms with Gasteiger partial charge in [0.2, 0.25) is 0 Å². The van der Waals surface area contributed by atoms with E-state index in [2.05, 4.69) is 5.32 Å². The molecule has 1 aromatic rings. The van der Waals surface area contributed by atoms with Crippen LogP contribution in [0.5, 0.6) is 0 Å². The van der Waals surface area contributed by atoms with Gasteiger partial charge in [-0.15, -0.1) is 0 Å². The van der Waals surface area contributed by atoms with Crippen molar-refractivity contribution < 1.29 is 18.1 Å². The van der Waals surface area contributed by atoms with Crippen molar-refractivity contribution in [3.8, 4) is 0 Å². The van der Waals surface area contributed by atoms with Gasteiger partial charge in [0, 0.05) is 18.2 Å². The first-order valence-electron chi connectivity index (χ1n) is 6.87. The molecule has 0 fully saturated rings. The highest BCUT2D eigenvalue weighted by molar-refractivity contribution is 5.41. The summed E-state index contributed by atoms with van der Waals surface area (Å²) in [4.78, 5) is 9.83. The summed E-state index contributed by atoms with van der Waals surface area (Å²) < 4.78 is 39.2. The van der Waals surface area contributed by atoms with E-state index in [4.69, 9.17) is 0 Å². The number of likely N-dealkylation sites (N-methyl/N-ethyl adjacent to an activating group) is 1. The van der Waals surface area contributed by atoms with Crippen LogP contribution in [-0.4, -0.2) is 17.5 Å². The van der Waals surface area contributed by atoms with Gasteiger partial charge in [-0.05, 0) is 24.9 Å². The molecule has 4 nitrogen and oxygen atoms in total. The van der Waals surface area contributed by atoms with Crippen molar-refractivity contribution in [2.24, 2.45) is 0 Å². The third-order valence-corrected chi connectivity index (χ3v) is 3.21. The molecule has 7 heteroatoms. The quantitative estimate of drug-likeness (QED) is 0.613. The second-order valence-corrected chi connectivity index (χ2v) is 4.84. The molecule has 0 heterocycles. The van der Waals surface area contributed by atoms with Crippen molar-refractivity contribution >= 4 is 5.69 Å². The largest absolute Gasteiger partial charge is 0.416 e. The Kier molecular flexibility index (Phi) is 6.14. The van der Waals surface area contributed by atoms with Gasteiger partial charge in [-0.2, -0.15) is 13.2 Å². The van der Waals surface area contributed by atoms with E-state index in [0.717, 1.165) is 18.9 Å². The van der Waals surface area contributed by atoms with Gasteiger partial charge in [-0.1, -0.05) is 26.3 Å². The zero-order chi connectivity index (χ0) is 16.0. The van der Waals surface area contributed by atoms with Crippen LogP contribution in [0.3, 0.4) is 0 Å². The number of rotatable bonds is 7. The van der Waals surface area contributed by atoms with Gasteiger partial charge in [0.05, 0.1) is 10.5 Å². The number of nitrogens with zero attached hydrogens (tertiary/aromatic N) is 1. The Balaban J connectivity index is 3.13. The molecule has 1 rings (SSSR count). The number of nitro benzene ring substituents is 1. The normalized spacial score (nSPS) is 13.2. The van der Waals surface area contributed by atoms with Gasteiger partial charge in [0.15, 0.2) is 0 Å². The van der Waals surface area contributed by atoms with Gasteiger partial charge >= 0.3 is 6.18 Å². The van der Waals surface area contributed by atoms with Crippen LogP contribution in [0.1, 0.15) is 37.8 Å². The summed E-state index contributed by atoms with van der Waals surface area (Å²) in [6, 6.07) is 2.88. The summed E-state index contributed by atoms with van der Waals surface area (Å²) in [6.45, 7) is 4.52. The molecule has 0 aromatic heterocycles. The lowest BCUT2D eigenvalue weighted by Gasteiger charge is -2.20. The Hall–Kier alpha value is -1.63. The van der Waals surface area contributed by atoms with Gasteiger partial charge in [0.25, 0.3) is 5.69 Å². The fraction of sp³-hybridized carbons (Fsp3) is 0.571. The molecule has 0 bridgehead atoms. The van der Waals surface area contributed by atoms with Crippen molar-refractivity contribution in [1.82, 2.24) is 5.32 Å². The molecule has 0 saturated carbocycles. The number of nitrogens with one attached hydrogen (secondary N) is 1. The SMILES string of the molecule is CCCC(Cc1ccc([N+](=O)[O-])cc1C(F)(F)F)NCC. The van der Waals surface area contributed by atoms with Gasteiger partial charge < -0.3 is 5.32 Å². The second-order valence-electron chi connectivity index (χ2n) is 4.84. The molecular formula is C14H19F3N2O2. The van der Waals surface area contributed by atoms with Crippen LogP contribution in [0.25, 0.3) is 0 Å². The molecule has 1 N–H and O–H groups in total. The summed E-state index contributed by atoms with van der Waals surface area (Å²) in [6.07, 6.45) is -2.78. The molecule has 0 amide bonds. The van der Waals surface area contributed by atoms with E-state index in [0.29, 0.717) is 12.6 Å². The summed E-state index contributed by atoms with van der Waals surface area (Å²) in [7, 11) is 0. The highest BCUT2D eigenvalue weighted by atomic mass is 19.4. The predicted octanol–water partition coefficient (Wildman–Crippen LogP) is 3.93. The zero-order valence-electron chi connectivity index (χ0n) is 12.0. The number of hydrogen-bond donors (Lipinski definition) is 1. The minimum absolute atomic E-state index is 0.0671. The van der Waals surface area contributed by atoms with Crippen molar-refractivity contribution in [3.63, 3.8) is 0 Å². The summed E-state index contributed by atoms with van der Waals surface area (Å²) in [5, 5.41) is 13.8. The fourth-order valence-corrected chi connectivity index (χ4v) is 2.30. The zero-order valence-corrected chi connectivity index (χ0v) is 12.0. The molecule has 1 aromatic carbocycles. The highest BCUT2D eigenvalue weighted by Gasteiger charge is 2.35. The van der Waals surface area contributed by atoms with E-state index in [1.807, 2.05) is 13.8 Å². The maximum atomic E-state index is 13.1. The minimum atomic E-state index is -4.59. The molecule has 21 heavy (non-hydrogen) atoms. The van der Waals surface area contributed by atoms with Crippen molar-refractivity contribution in [3.05, 3.63) is 39.4 Å². The maximum absolute atomic E-state index is 13.1. The lowest BCUT2D eigenvalue weighted by Crippen LogP contribution is -2.31. The van der Waals surface area contributed by atoms with E-state index in [-0.39, 0.29) is 18.0 Å². The lowest BCUT2D eigenvalue weighted by atomic mass is 9.97.